The Bertz CT molecular complexity index is 510. The number of hydrogen-bond donors (Lipinski definition) is 1. The van der Waals surface area contributed by atoms with Crippen LogP contribution in [0.4, 0.5) is 0 Å². The fourth-order valence-electron chi connectivity index (χ4n) is 1.22. The SMILES string of the molecule is Cc1ncc(C(=O)c2c[nH]c(C=O)c2)o1. The van der Waals surface area contributed by atoms with Gasteiger partial charge >= 0.3 is 0 Å². The van der Waals surface area contributed by atoms with Crippen LogP contribution in [-0.2, 0) is 0 Å². The van der Waals surface area contributed by atoms with Gasteiger partial charge in [-0.05, 0) is 6.07 Å². The molecule has 1 N–H and O–H groups in total. The van der Waals surface area contributed by atoms with Crippen molar-refractivity contribution in [3.8, 4) is 0 Å². The number of aryl methyl sites for hydroxylation is 1. The fraction of sp³-hybridized carbons (Fsp3) is 0.100. The van der Waals surface area contributed by atoms with E-state index in [1.807, 2.05) is 0 Å². The maximum Gasteiger partial charge on any atom is 0.231 e. The summed E-state index contributed by atoms with van der Waals surface area (Å²) >= 11 is 0. The molecule has 0 bridgehead atoms. The predicted octanol–water partition coefficient (Wildman–Crippen LogP) is 1.35. The monoisotopic (exact) mass is 204 g/mol. The van der Waals surface area contributed by atoms with Crippen LogP contribution in [0.5, 0.6) is 0 Å². The number of aldehydes is 1. The Kier molecular flexibility index (Phi) is 2.21. The van der Waals surface area contributed by atoms with Gasteiger partial charge in [0.25, 0.3) is 0 Å². The van der Waals surface area contributed by atoms with E-state index in [0.717, 1.165) is 0 Å². The lowest BCUT2D eigenvalue weighted by Crippen LogP contribution is -1.97. The third-order valence-electron chi connectivity index (χ3n) is 1.94. The van der Waals surface area contributed by atoms with E-state index in [2.05, 4.69) is 9.97 Å². The summed E-state index contributed by atoms with van der Waals surface area (Å²) in [5.41, 5.74) is 0.739. The molecule has 0 atom stereocenters. The highest BCUT2D eigenvalue weighted by Gasteiger charge is 2.14. The number of rotatable bonds is 3. The van der Waals surface area contributed by atoms with Crippen molar-refractivity contribution in [3.63, 3.8) is 0 Å². The zero-order valence-corrected chi connectivity index (χ0v) is 7.98. The molecule has 0 spiro atoms. The topological polar surface area (TPSA) is 76.0 Å². The van der Waals surface area contributed by atoms with Gasteiger partial charge in [0.05, 0.1) is 11.9 Å². The molecular weight excluding hydrogens is 196 g/mol. The van der Waals surface area contributed by atoms with Crippen molar-refractivity contribution in [2.75, 3.05) is 0 Å². The standard InChI is InChI=1S/C10H8N2O3/c1-6-11-4-9(15-6)10(14)7-2-8(5-13)12-3-7/h2-5,12H,1H3. The van der Waals surface area contributed by atoms with Gasteiger partial charge in [0.15, 0.2) is 17.9 Å². The van der Waals surface area contributed by atoms with Crippen molar-refractivity contribution in [2.45, 2.75) is 6.92 Å². The molecule has 0 fully saturated rings. The Morgan fingerprint density at radius 1 is 1.60 bits per heavy atom. The van der Waals surface area contributed by atoms with E-state index in [1.54, 1.807) is 6.92 Å². The highest BCUT2D eigenvalue weighted by atomic mass is 16.4. The average Bonchev–Trinajstić information content (AvgIpc) is 2.84. The van der Waals surface area contributed by atoms with Crippen LogP contribution in [0.15, 0.2) is 22.9 Å². The maximum atomic E-state index is 11.7. The molecule has 0 aliphatic carbocycles. The van der Waals surface area contributed by atoms with E-state index in [-0.39, 0.29) is 11.5 Å². The largest absolute Gasteiger partial charge is 0.438 e. The van der Waals surface area contributed by atoms with E-state index in [0.29, 0.717) is 23.4 Å². The molecule has 2 aromatic rings. The molecular formula is C10H8N2O3. The summed E-state index contributed by atoms with van der Waals surface area (Å²) in [4.78, 5) is 28.6. The summed E-state index contributed by atoms with van der Waals surface area (Å²) in [6, 6.07) is 1.47. The Morgan fingerprint density at radius 2 is 2.40 bits per heavy atom. The van der Waals surface area contributed by atoms with E-state index >= 15 is 0 Å². The van der Waals surface area contributed by atoms with Crippen LogP contribution in [0.2, 0.25) is 0 Å². The van der Waals surface area contributed by atoms with Crippen LogP contribution in [0.1, 0.15) is 32.5 Å². The number of ketones is 1. The van der Waals surface area contributed by atoms with Gasteiger partial charge in [-0.15, -0.1) is 0 Å². The lowest BCUT2D eigenvalue weighted by Gasteiger charge is -1.89. The third kappa shape index (κ3) is 1.71. The third-order valence-corrected chi connectivity index (χ3v) is 1.94. The molecule has 0 amide bonds. The molecule has 76 valence electrons. The number of carbonyl (C=O) groups is 2. The molecule has 0 saturated heterocycles. The number of hydrogen-bond acceptors (Lipinski definition) is 4. The van der Waals surface area contributed by atoms with Crippen molar-refractivity contribution in [3.05, 3.63) is 41.4 Å². The highest BCUT2D eigenvalue weighted by Crippen LogP contribution is 2.11. The first-order valence-electron chi connectivity index (χ1n) is 4.31. The fourth-order valence-corrected chi connectivity index (χ4v) is 1.22. The lowest BCUT2D eigenvalue weighted by atomic mass is 10.2. The minimum atomic E-state index is -0.292. The Labute approximate surface area is 85.1 Å². The first-order valence-corrected chi connectivity index (χ1v) is 4.31. The Balaban J connectivity index is 2.31. The molecule has 2 aromatic heterocycles. The Morgan fingerprint density at radius 3 is 2.93 bits per heavy atom. The number of nitrogens with zero attached hydrogens (tertiary/aromatic N) is 1. The Hall–Kier alpha value is -2.17. The molecule has 15 heavy (non-hydrogen) atoms. The van der Waals surface area contributed by atoms with Crippen molar-refractivity contribution in [2.24, 2.45) is 0 Å². The molecule has 2 rings (SSSR count). The zero-order chi connectivity index (χ0) is 10.8. The first kappa shape index (κ1) is 9.39. The second-order valence-corrected chi connectivity index (χ2v) is 3.03. The maximum absolute atomic E-state index is 11.7. The molecule has 0 aliphatic heterocycles. The van der Waals surface area contributed by atoms with Gasteiger partial charge in [-0.1, -0.05) is 0 Å². The number of carbonyl (C=O) groups excluding carboxylic acids is 2. The number of aromatic nitrogens is 2. The number of oxazole rings is 1. The predicted molar refractivity (Wildman–Crippen MR) is 50.9 cm³/mol. The van der Waals surface area contributed by atoms with Crippen LogP contribution in [0, 0.1) is 6.92 Å². The smallest absolute Gasteiger partial charge is 0.231 e. The van der Waals surface area contributed by atoms with E-state index in [4.69, 9.17) is 4.42 Å². The van der Waals surface area contributed by atoms with Crippen molar-refractivity contribution >= 4 is 12.1 Å². The summed E-state index contributed by atoms with van der Waals surface area (Å²) in [5.74, 6) is 0.313. The summed E-state index contributed by atoms with van der Waals surface area (Å²) < 4.78 is 5.08. The average molecular weight is 204 g/mol. The van der Waals surface area contributed by atoms with Crippen molar-refractivity contribution in [1.82, 2.24) is 9.97 Å². The molecule has 5 nitrogen and oxygen atoms in total. The second kappa shape index (κ2) is 3.53. The molecule has 0 radical (unpaired) electrons. The van der Waals surface area contributed by atoms with E-state index < -0.39 is 0 Å². The van der Waals surface area contributed by atoms with Gasteiger partial charge < -0.3 is 9.40 Å². The normalized spacial score (nSPS) is 10.2. The van der Waals surface area contributed by atoms with E-state index in [1.165, 1.54) is 18.5 Å². The summed E-state index contributed by atoms with van der Waals surface area (Å²) in [7, 11) is 0. The van der Waals surface area contributed by atoms with Crippen LogP contribution in [0.25, 0.3) is 0 Å². The van der Waals surface area contributed by atoms with Crippen LogP contribution >= 0.6 is 0 Å². The number of aromatic amines is 1. The first-order chi connectivity index (χ1) is 7.20. The van der Waals surface area contributed by atoms with Gasteiger partial charge in [0.1, 0.15) is 0 Å². The van der Waals surface area contributed by atoms with Crippen molar-refractivity contribution in [1.29, 1.82) is 0 Å². The molecule has 0 unspecified atom stereocenters. The van der Waals surface area contributed by atoms with Gasteiger partial charge in [-0.2, -0.15) is 0 Å². The van der Waals surface area contributed by atoms with Gasteiger partial charge in [-0.3, -0.25) is 9.59 Å². The minimum Gasteiger partial charge on any atom is -0.438 e. The van der Waals surface area contributed by atoms with E-state index in [9.17, 15) is 9.59 Å². The van der Waals surface area contributed by atoms with Crippen LogP contribution in [0.3, 0.4) is 0 Å². The van der Waals surface area contributed by atoms with Crippen LogP contribution in [-0.4, -0.2) is 22.0 Å². The van der Waals surface area contributed by atoms with Gasteiger partial charge in [0, 0.05) is 18.7 Å². The van der Waals surface area contributed by atoms with Crippen molar-refractivity contribution < 1.29 is 14.0 Å². The molecule has 0 aliphatic rings. The highest BCUT2D eigenvalue weighted by molar-refractivity contribution is 6.07. The second-order valence-electron chi connectivity index (χ2n) is 3.03. The molecule has 0 aromatic carbocycles. The number of H-pyrrole nitrogens is 1. The summed E-state index contributed by atoms with van der Waals surface area (Å²) in [6.45, 7) is 1.66. The molecule has 5 heteroatoms. The number of nitrogens with one attached hydrogen (secondary N) is 1. The van der Waals surface area contributed by atoms with Gasteiger partial charge in [-0.25, -0.2) is 4.98 Å². The lowest BCUT2D eigenvalue weighted by molar-refractivity contribution is 0.101. The quantitative estimate of drug-likeness (QED) is 0.604. The van der Waals surface area contributed by atoms with Gasteiger partial charge in [0.2, 0.25) is 5.78 Å². The molecule has 0 saturated carbocycles. The minimum absolute atomic E-state index is 0.170. The summed E-state index contributed by atoms with van der Waals surface area (Å²) in [6.07, 6.45) is 3.47. The summed E-state index contributed by atoms with van der Waals surface area (Å²) in [5, 5.41) is 0. The zero-order valence-electron chi connectivity index (χ0n) is 7.98. The molecule has 2 heterocycles. The van der Waals surface area contributed by atoms with Crippen LogP contribution < -0.4 is 0 Å².